The molecule has 0 rings (SSSR count). The van der Waals surface area contributed by atoms with Crippen molar-refractivity contribution in [3.8, 4) is 0 Å². The van der Waals surface area contributed by atoms with Gasteiger partial charge in [0.2, 0.25) is 0 Å². The lowest BCUT2D eigenvalue weighted by atomic mass is 9.94. The third-order valence-electron chi connectivity index (χ3n) is 2.33. The van der Waals surface area contributed by atoms with Crippen molar-refractivity contribution in [2.45, 2.75) is 39.5 Å². The Morgan fingerprint density at radius 1 is 1.27 bits per heavy atom. The summed E-state index contributed by atoms with van der Waals surface area (Å²) in [7, 11) is 0. The van der Waals surface area contributed by atoms with E-state index in [-0.39, 0.29) is 25.8 Å². The maximum Gasteiger partial charge on any atom is 0.305 e. The average molecular weight is 218 g/mol. The van der Waals surface area contributed by atoms with Gasteiger partial charge in [0, 0.05) is 11.8 Å². The van der Waals surface area contributed by atoms with E-state index in [0.29, 0.717) is 6.42 Å². The molecule has 0 aliphatic heterocycles. The third-order valence-corrected chi connectivity index (χ3v) is 2.33. The Hall–Kier alpha value is -0.610. The number of aliphatic hydroxyl groups is 2. The highest BCUT2D eigenvalue weighted by atomic mass is 16.5. The lowest BCUT2D eigenvalue weighted by Crippen LogP contribution is -2.32. The van der Waals surface area contributed by atoms with Crippen molar-refractivity contribution in [2.75, 3.05) is 19.8 Å². The highest BCUT2D eigenvalue weighted by molar-refractivity contribution is 5.69. The minimum atomic E-state index is -0.722. The molecule has 4 heteroatoms. The summed E-state index contributed by atoms with van der Waals surface area (Å²) in [5, 5.41) is 17.9. The summed E-state index contributed by atoms with van der Waals surface area (Å²) < 4.78 is 4.98. The summed E-state index contributed by atoms with van der Waals surface area (Å²) in [6, 6.07) is 0. The van der Waals surface area contributed by atoms with Crippen molar-refractivity contribution in [3.63, 3.8) is 0 Å². The molecular formula is C11H22O4. The lowest BCUT2D eigenvalue weighted by Gasteiger charge is -2.23. The van der Waals surface area contributed by atoms with Gasteiger partial charge in [-0.25, -0.2) is 0 Å². The first kappa shape index (κ1) is 14.4. The zero-order valence-electron chi connectivity index (χ0n) is 9.66. The van der Waals surface area contributed by atoms with Gasteiger partial charge in [0.25, 0.3) is 0 Å². The molecule has 2 N–H and O–H groups in total. The molecule has 4 nitrogen and oxygen atoms in total. The van der Waals surface area contributed by atoms with Gasteiger partial charge in [0.05, 0.1) is 13.2 Å². The molecule has 0 aromatic rings. The van der Waals surface area contributed by atoms with E-state index in [2.05, 4.69) is 6.92 Å². The van der Waals surface area contributed by atoms with E-state index < -0.39 is 5.41 Å². The van der Waals surface area contributed by atoms with Crippen LogP contribution in [0, 0.1) is 5.41 Å². The Balaban J connectivity index is 3.69. The molecule has 0 amide bonds. The zero-order chi connectivity index (χ0) is 11.7. The van der Waals surface area contributed by atoms with Crippen LogP contribution < -0.4 is 0 Å². The van der Waals surface area contributed by atoms with E-state index in [1.165, 1.54) is 0 Å². The van der Waals surface area contributed by atoms with Crippen molar-refractivity contribution in [2.24, 2.45) is 5.41 Å². The molecule has 15 heavy (non-hydrogen) atoms. The van der Waals surface area contributed by atoms with Crippen molar-refractivity contribution in [1.29, 1.82) is 0 Å². The number of carbonyl (C=O) groups is 1. The molecule has 0 spiro atoms. The Kier molecular flexibility index (Phi) is 7.34. The number of esters is 1. The van der Waals surface area contributed by atoms with Gasteiger partial charge in [-0.15, -0.1) is 0 Å². The van der Waals surface area contributed by atoms with Crippen LogP contribution in [0.1, 0.15) is 39.5 Å². The van der Waals surface area contributed by atoms with Gasteiger partial charge in [0.1, 0.15) is 6.61 Å². The van der Waals surface area contributed by atoms with Gasteiger partial charge in [-0.2, -0.15) is 0 Å². The highest BCUT2D eigenvalue weighted by Crippen LogP contribution is 2.15. The standard InChI is InChI=1S/C11H22O4/c1-3-4-5-6-10(14)15-9-11(2,7-12)8-13/h12-13H,3-9H2,1-2H3. The topological polar surface area (TPSA) is 66.8 Å². The van der Waals surface area contributed by atoms with Gasteiger partial charge in [-0.3, -0.25) is 4.79 Å². The molecule has 0 saturated heterocycles. The van der Waals surface area contributed by atoms with Crippen molar-refractivity contribution >= 4 is 5.97 Å². The molecule has 0 aliphatic carbocycles. The summed E-state index contributed by atoms with van der Waals surface area (Å²) in [4.78, 5) is 11.2. The lowest BCUT2D eigenvalue weighted by molar-refractivity contribution is -0.149. The third kappa shape index (κ3) is 6.47. The van der Waals surface area contributed by atoms with Crippen LogP contribution in [0.25, 0.3) is 0 Å². The molecule has 0 unspecified atom stereocenters. The van der Waals surface area contributed by atoms with Crippen LogP contribution in [-0.2, 0) is 9.53 Å². The maximum absolute atomic E-state index is 11.2. The minimum absolute atomic E-state index is 0.0744. The molecule has 0 aliphatic rings. The van der Waals surface area contributed by atoms with Crippen molar-refractivity contribution < 1.29 is 19.7 Å². The van der Waals surface area contributed by atoms with Crippen LogP contribution in [0.3, 0.4) is 0 Å². The largest absolute Gasteiger partial charge is 0.465 e. The van der Waals surface area contributed by atoms with Crippen LogP contribution in [-0.4, -0.2) is 36.0 Å². The molecule has 0 saturated carbocycles. The van der Waals surface area contributed by atoms with Crippen molar-refractivity contribution in [1.82, 2.24) is 0 Å². The van der Waals surface area contributed by atoms with Gasteiger partial charge >= 0.3 is 5.97 Å². The predicted molar refractivity (Wildman–Crippen MR) is 57.4 cm³/mol. The fourth-order valence-electron chi connectivity index (χ4n) is 0.988. The maximum atomic E-state index is 11.2. The molecule has 0 heterocycles. The zero-order valence-corrected chi connectivity index (χ0v) is 9.66. The summed E-state index contributed by atoms with van der Waals surface area (Å²) in [6.07, 6.45) is 3.34. The summed E-state index contributed by atoms with van der Waals surface area (Å²) in [5.74, 6) is -0.253. The van der Waals surface area contributed by atoms with Crippen LogP contribution in [0.4, 0.5) is 0 Å². The van der Waals surface area contributed by atoms with E-state index in [1.807, 2.05) is 0 Å². The van der Waals surface area contributed by atoms with Crippen LogP contribution in [0.15, 0.2) is 0 Å². The number of hydrogen-bond donors (Lipinski definition) is 2. The Morgan fingerprint density at radius 3 is 2.33 bits per heavy atom. The first-order valence-electron chi connectivity index (χ1n) is 5.45. The molecule has 0 aromatic heterocycles. The number of unbranched alkanes of at least 4 members (excludes halogenated alkanes) is 2. The Bertz CT molecular complexity index is 175. The summed E-state index contributed by atoms with van der Waals surface area (Å²) in [6.45, 7) is 3.44. The van der Waals surface area contributed by atoms with E-state index >= 15 is 0 Å². The monoisotopic (exact) mass is 218 g/mol. The SMILES string of the molecule is CCCCCC(=O)OCC(C)(CO)CO. The van der Waals surface area contributed by atoms with Gasteiger partial charge < -0.3 is 14.9 Å². The summed E-state index contributed by atoms with van der Waals surface area (Å²) in [5.41, 5.74) is -0.722. The van der Waals surface area contributed by atoms with E-state index in [9.17, 15) is 4.79 Å². The fraction of sp³-hybridized carbons (Fsp3) is 0.909. The van der Waals surface area contributed by atoms with Gasteiger partial charge in [-0.05, 0) is 6.42 Å². The van der Waals surface area contributed by atoms with Crippen LogP contribution >= 0.6 is 0 Å². The number of rotatable bonds is 8. The molecule has 0 atom stereocenters. The van der Waals surface area contributed by atoms with Crippen molar-refractivity contribution in [3.05, 3.63) is 0 Å². The average Bonchev–Trinajstić information content (AvgIpc) is 2.26. The second-order valence-corrected chi connectivity index (χ2v) is 4.24. The molecule has 90 valence electrons. The quantitative estimate of drug-likeness (QED) is 0.473. The predicted octanol–water partition coefficient (Wildman–Crippen LogP) is 1.10. The molecular weight excluding hydrogens is 196 g/mol. The van der Waals surface area contributed by atoms with Gasteiger partial charge in [0.15, 0.2) is 0 Å². The second kappa shape index (κ2) is 7.65. The molecule has 0 fully saturated rings. The van der Waals surface area contributed by atoms with Crippen LogP contribution in [0.2, 0.25) is 0 Å². The highest BCUT2D eigenvalue weighted by Gasteiger charge is 2.24. The van der Waals surface area contributed by atoms with Gasteiger partial charge in [-0.1, -0.05) is 26.7 Å². The Morgan fingerprint density at radius 2 is 1.87 bits per heavy atom. The minimum Gasteiger partial charge on any atom is -0.465 e. The normalized spacial score (nSPS) is 11.5. The first-order valence-corrected chi connectivity index (χ1v) is 5.45. The molecule has 0 bridgehead atoms. The first-order chi connectivity index (χ1) is 7.08. The number of aliphatic hydroxyl groups excluding tert-OH is 2. The number of ether oxygens (including phenoxy) is 1. The smallest absolute Gasteiger partial charge is 0.305 e. The van der Waals surface area contributed by atoms with E-state index in [1.54, 1.807) is 6.92 Å². The Labute approximate surface area is 91.3 Å². The number of carbonyl (C=O) groups excluding carboxylic acids is 1. The van der Waals surface area contributed by atoms with E-state index in [0.717, 1.165) is 19.3 Å². The molecule has 0 radical (unpaired) electrons. The summed E-state index contributed by atoms with van der Waals surface area (Å²) >= 11 is 0. The fourth-order valence-corrected chi connectivity index (χ4v) is 0.988. The second-order valence-electron chi connectivity index (χ2n) is 4.24. The number of hydrogen-bond acceptors (Lipinski definition) is 4. The van der Waals surface area contributed by atoms with E-state index in [4.69, 9.17) is 14.9 Å². The molecule has 0 aromatic carbocycles. The van der Waals surface area contributed by atoms with Crippen LogP contribution in [0.5, 0.6) is 0 Å².